The van der Waals surface area contributed by atoms with E-state index in [9.17, 15) is 14.5 Å². The maximum atomic E-state index is 12.3. The highest BCUT2D eigenvalue weighted by Gasteiger charge is 2.26. The predicted molar refractivity (Wildman–Crippen MR) is 219 cm³/mol. The number of hydrogen-bond donors (Lipinski definition) is 2. The Morgan fingerprint density at radius 1 is 0.643 bits per heavy atom. The van der Waals surface area contributed by atoms with Crippen LogP contribution < -0.4 is 14.8 Å². The van der Waals surface area contributed by atoms with Gasteiger partial charge in [0.15, 0.2) is 11.3 Å². The van der Waals surface area contributed by atoms with Crippen molar-refractivity contribution in [3.05, 3.63) is 186 Å². The number of rotatable bonds is 8. The fourth-order valence-corrected chi connectivity index (χ4v) is 6.15. The van der Waals surface area contributed by atoms with Crippen molar-refractivity contribution in [1.82, 2.24) is 19.9 Å². The van der Waals surface area contributed by atoms with Crippen molar-refractivity contribution in [3.63, 3.8) is 0 Å². The van der Waals surface area contributed by atoms with Crippen molar-refractivity contribution in [2.75, 3.05) is 5.73 Å². The molecule has 13 nitrogen and oxygen atoms in total. The minimum Gasteiger partial charge on any atom is -0.478 e. The molecule has 0 saturated carbocycles. The maximum Gasteiger partial charge on any atom is 0.525 e. The lowest BCUT2D eigenvalue weighted by atomic mass is 10.1. The summed E-state index contributed by atoms with van der Waals surface area (Å²) in [5, 5.41) is 10.7. The molecule has 0 bridgehead atoms. The van der Waals surface area contributed by atoms with E-state index in [1.165, 1.54) is 0 Å². The first kappa shape index (κ1) is 39.6. The normalized spacial score (nSPS) is 10.3. The molecule has 0 unspecified atom stereocenters. The lowest BCUT2D eigenvalue weighted by Gasteiger charge is -2.14. The lowest BCUT2D eigenvalue weighted by Crippen LogP contribution is -2.01. The van der Waals surface area contributed by atoms with Crippen LogP contribution >= 0.6 is 7.75 Å². The number of hydrogen-bond acceptors (Lipinski definition) is 9. The molecule has 0 aliphatic heterocycles. The number of carbonyl (C=O) groups is 1. The Kier molecular flexibility index (Phi) is 13.4. The number of nitrogens with zero attached hydrogens (tertiary/aromatic N) is 7. The number of aromatic carboxylic acids is 1. The van der Waals surface area contributed by atoms with Crippen LogP contribution in [-0.4, -0.2) is 31.0 Å². The molecule has 0 fully saturated rings. The third-order valence-electron chi connectivity index (χ3n) is 7.65. The highest BCUT2D eigenvalue weighted by atomic mass is 31.2. The third-order valence-corrected chi connectivity index (χ3v) is 8.83. The summed E-state index contributed by atoms with van der Waals surface area (Å²) in [5.41, 5.74) is 20.0. The molecular formula is C42H35N8O5P. The van der Waals surface area contributed by atoms with Crippen LogP contribution in [0.15, 0.2) is 175 Å². The zero-order valence-electron chi connectivity index (χ0n) is 28.9. The zero-order valence-corrected chi connectivity index (χ0v) is 29.8. The second-order valence-electron chi connectivity index (χ2n) is 11.4. The van der Waals surface area contributed by atoms with Gasteiger partial charge in [0, 0.05) is 49.8 Å². The van der Waals surface area contributed by atoms with Gasteiger partial charge in [0.25, 0.3) is 0 Å². The Morgan fingerprint density at radius 2 is 1.07 bits per heavy atom. The fraction of sp³-hybridized carbons (Fsp3) is 0.0238. The van der Waals surface area contributed by atoms with E-state index < -0.39 is 13.7 Å². The monoisotopic (exact) mass is 762 g/mol. The van der Waals surface area contributed by atoms with Crippen LogP contribution in [0.2, 0.25) is 0 Å². The first-order valence-corrected chi connectivity index (χ1v) is 18.1. The van der Waals surface area contributed by atoms with Crippen molar-refractivity contribution in [2.45, 2.75) is 7.43 Å². The van der Waals surface area contributed by atoms with E-state index in [1.807, 2.05) is 78.9 Å². The Bertz CT molecular complexity index is 2590. The molecule has 0 amide bonds. The summed E-state index contributed by atoms with van der Waals surface area (Å²) >= 11 is 0. The number of nitrogens with two attached hydrogens (primary N) is 1. The molecule has 0 radical (unpaired) electrons. The van der Waals surface area contributed by atoms with E-state index in [2.05, 4.69) is 29.7 Å². The van der Waals surface area contributed by atoms with Crippen molar-refractivity contribution in [3.8, 4) is 34.0 Å². The summed E-state index contributed by atoms with van der Waals surface area (Å²) < 4.78 is 22.6. The van der Waals surface area contributed by atoms with E-state index in [1.54, 1.807) is 91.3 Å². The number of aromatic nitrogens is 4. The van der Waals surface area contributed by atoms with Gasteiger partial charge in [-0.25, -0.2) is 29.3 Å². The average molecular weight is 763 g/mol. The molecule has 0 spiro atoms. The third kappa shape index (κ3) is 10.3. The molecule has 14 heteroatoms. The number of azide groups is 1. The Hall–Kier alpha value is -7.59. The number of anilines is 1. The highest BCUT2D eigenvalue weighted by molar-refractivity contribution is 7.53. The van der Waals surface area contributed by atoms with Gasteiger partial charge in [-0.05, 0) is 66.2 Å². The summed E-state index contributed by atoms with van der Waals surface area (Å²) in [6.45, 7) is 0. The number of pyridine rings is 4. The second kappa shape index (κ2) is 18.9. The van der Waals surface area contributed by atoms with Crippen molar-refractivity contribution in [2.24, 2.45) is 4.88 Å². The van der Waals surface area contributed by atoms with E-state index in [4.69, 9.17) is 20.3 Å². The van der Waals surface area contributed by atoms with Crippen LogP contribution in [0, 0.1) is 0 Å². The van der Waals surface area contributed by atoms with Crippen LogP contribution in [0.25, 0.3) is 55.0 Å². The first-order valence-electron chi connectivity index (χ1n) is 16.6. The Morgan fingerprint density at radius 3 is 1.54 bits per heavy atom. The molecule has 3 N–H and O–H groups in total. The molecule has 4 aromatic heterocycles. The van der Waals surface area contributed by atoms with Crippen LogP contribution in [0.5, 0.6) is 11.5 Å². The van der Waals surface area contributed by atoms with Crippen molar-refractivity contribution < 1.29 is 23.5 Å². The quantitative estimate of drug-likeness (QED) is 0.0649. The van der Waals surface area contributed by atoms with Crippen LogP contribution in [0.3, 0.4) is 0 Å². The van der Waals surface area contributed by atoms with Gasteiger partial charge >= 0.3 is 13.7 Å². The zero-order chi connectivity index (χ0) is 38.5. The van der Waals surface area contributed by atoms with Gasteiger partial charge in [-0.3, -0.25) is 0 Å². The van der Waals surface area contributed by atoms with Gasteiger partial charge in [-0.15, -0.1) is 0 Å². The molecule has 0 saturated heterocycles. The van der Waals surface area contributed by atoms with Crippen molar-refractivity contribution >= 4 is 41.5 Å². The SMILES string of the molecule is C.Nc1cc(-c2ccccc2)nc2ncccc12.O=C(O)c1cc(-c2ccccc2)nc2ncccc12.[N-]=[N+]=NP(=O)(Oc1ccccc1)Oc1ccccc1. The lowest BCUT2D eigenvalue weighted by molar-refractivity contribution is 0.0699. The van der Waals surface area contributed by atoms with E-state index in [0.717, 1.165) is 22.2 Å². The minimum absolute atomic E-state index is 0. The van der Waals surface area contributed by atoms with E-state index in [0.29, 0.717) is 39.6 Å². The smallest absolute Gasteiger partial charge is 0.478 e. The van der Waals surface area contributed by atoms with Gasteiger partial charge in [-0.1, -0.05) is 104 Å². The van der Waals surface area contributed by atoms with Gasteiger partial charge < -0.3 is 19.9 Å². The van der Waals surface area contributed by atoms with Gasteiger partial charge in [-0.2, -0.15) is 0 Å². The molecule has 8 aromatic rings. The van der Waals surface area contributed by atoms with Gasteiger partial charge in [0.05, 0.1) is 17.0 Å². The number of para-hydroxylation sites is 2. The number of carboxylic acid groups (broad SMARTS) is 1. The number of fused-ring (bicyclic) bond motifs is 2. The summed E-state index contributed by atoms with van der Waals surface area (Å²) in [5.74, 6) is -0.374. The number of benzene rings is 4. The molecule has 0 aliphatic rings. The standard InChI is InChI=1S/C15H10N2O2.C14H11N3.C12H10N3O3P.CH4/c18-15(19)12-9-13(10-5-2-1-3-6-10)17-14-11(12)7-4-8-16-14;15-12-9-13(10-5-2-1-3-6-10)17-14-11(12)7-4-8-16-14;13-14-15-19(16,17-11-7-3-1-4-8-11)18-12-9-5-2-6-10-12;/h1-9H,(H,18,19);1-9H,(H2,15,16,17);1-10H;1H4. The highest BCUT2D eigenvalue weighted by Crippen LogP contribution is 2.50. The van der Waals surface area contributed by atoms with Crippen LogP contribution in [0.1, 0.15) is 17.8 Å². The number of carboxylic acids is 1. The summed E-state index contributed by atoms with van der Waals surface area (Å²) in [7, 11) is -3.95. The van der Waals surface area contributed by atoms with Crippen LogP contribution in [0.4, 0.5) is 5.69 Å². The Balaban J connectivity index is 0.000000160. The minimum atomic E-state index is -3.95. The first-order chi connectivity index (χ1) is 26.8. The topological polar surface area (TPSA) is 199 Å². The van der Waals surface area contributed by atoms with E-state index >= 15 is 0 Å². The summed E-state index contributed by atoms with van der Waals surface area (Å²) in [4.78, 5) is 34.3. The molecule has 278 valence electrons. The molecule has 56 heavy (non-hydrogen) atoms. The Labute approximate surface area is 322 Å². The predicted octanol–water partition coefficient (Wildman–Crippen LogP) is 11.1. The molecular weight excluding hydrogens is 727 g/mol. The summed E-state index contributed by atoms with van der Waals surface area (Å²) in [6.07, 6.45) is 3.33. The fourth-order valence-electron chi connectivity index (χ4n) is 5.16. The van der Waals surface area contributed by atoms with Gasteiger partial charge in [0.1, 0.15) is 11.5 Å². The van der Waals surface area contributed by atoms with E-state index in [-0.39, 0.29) is 13.0 Å². The average Bonchev–Trinajstić information content (AvgIpc) is 3.22. The molecule has 8 rings (SSSR count). The molecule has 4 aromatic carbocycles. The molecule has 0 aliphatic carbocycles. The molecule has 0 atom stereocenters. The van der Waals surface area contributed by atoms with Crippen LogP contribution in [-0.2, 0) is 4.57 Å². The second-order valence-corrected chi connectivity index (χ2v) is 12.9. The van der Waals surface area contributed by atoms with Crippen molar-refractivity contribution in [1.29, 1.82) is 0 Å². The summed E-state index contributed by atoms with van der Waals surface area (Å²) in [6, 6.07) is 46.9. The largest absolute Gasteiger partial charge is 0.525 e. The maximum absolute atomic E-state index is 12.3. The molecule has 4 heterocycles. The van der Waals surface area contributed by atoms with Gasteiger partial charge in [0.2, 0.25) is 0 Å². The number of nitrogen functional groups attached to an aromatic ring is 1.